The average Bonchev–Trinajstić information content (AvgIpc) is 3.78. The zero-order chi connectivity index (χ0) is 36.5. The van der Waals surface area contributed by atoms with Crippen molar-refractivity contribution in [3.8, 4) is 0 Å². The van der Waals surface area contributed by atoms with E-state index in [0.717, 1.165) is 16.6 Å². The lowest BCUT2D eigenvalue weighted by molar-refractivity contribution is -0.152. The number of para-hydroxylation sites is 1. The summed E-state index contributed by atoms with van der Waals surface area (Å²) in [6, 6.07) is 23.4. The molecule has 2 N–H and O–H groups in total. The molecule has 8 rings (SSSR count). The Hall–Kier alpha value is -5.66. The molecule has 13 nitrogen and oxygen atoms in total. The first kappa shape index (κ1) is 34.4. The predicted molar refractivity (Wildman–Crippen MR) is 191 cm³/mol. The molecule has 53 heavy (non-hydrogen) atoms. The highest BCUT2D eigenvalue weighted by molar-refractivity contribution is 6.00. The van der Waals surface area contributed by atoms with Gasteiger partial charge < -0.3 is 29.7 Å². The maximum Gasteiger partial charge on any atom is 0.306 e. The smallest absolute Gasteiger partial charge is 0.306 e. The number of hydrogen-bond acceptors (Lipinski definition) is 9. The van der Waals surface area contributed by atoms with Crippen molar-refractivity contribution in [1.29, 1.82) is 0 Å². The summed E-state index contributed by atoms with van der Waals surface area (Å²) in [6.07, 6.45) is 6.88. The third kappa shape index (κ3) is 6.29. The molecule has 0 radical (unpaired) electrons. The van der Waals surface area contributed by atoms with Crippen LogP contribution in [0.2, 0.25) is 0 Å². The van der Waals surface area contributed by atoms with Gasteiger partial charge in [-0.25, -0.2) is 4.68 Å². The summed E-state index contributed by atoms with van der Waals surface area (Å²) in [6.45, 7) is -0.292. The number of aliphatic hydroxyl groups excluding tert-OH is 1. The molecule has 7 atom stereocenters. The molecule has 0 bridgehead atoms. The molecule has 4 aliphatic rings. The highest BCUT2D eigenvalue weighted by Gasteiger charge is 2.72. The fraction of sp³-hybridized carbons (Fsp3) is 0.350. The van der Waals surface area contributed by atoms with E-state index < -0.39 is 72.0 Å². The maximum absolute atomic E-state index is 15.1. The highest BCUT2D eigenvalue weighted by Crippen LogP contribution is 2.53. The maximum atomic E-state index is 15.1. The molecular formula is C40H40N6O7. The van der Waals surface area contributed by atoms with Crippen LogP contribution in [-0.2, 0) is 41.7 Å². The lowest BCUT2D eigenvalue weighted by Crippen LogP contribution is -2.58. The molecular weight excluding hydrogens is 676 g/mol. The number of nitrogens with one attached hydrogen (secondary N) is 1. The summed E-state index contributed by atoms with van der Waals surface area (Å²) in [7, 11) is 0. The monoisotopic (exact) mass is 716 g/mol. The Labute approximate surface area is 305 Å². The molecule has 1 aromatic heterocycles. The average molecular weight is 717 g/mol. The van der Waals surface area contributed by atoms with Crippen molar-refractivity contribution >= 4 is 34.7 Å². The van der Waals surface area contributed by atoms with E-state index >= 15 is 9.59 Å². The first-order valence-electron chi connectivity index (χ1n) is 17.9. The van der Waals surface area contributed by atoms with Crippen molar-refractivity contribution in [3.05, 3.63) is 120 Å². The Morgan fingerprint density at radius 3 is 2.47 bits per heavy atom. The van der Waals surface area contributed by atoms with Crippen molar-refractivity contribution < 1.29 is 33.8 Å². The van der Waals surface area contributed by atoms with Crippen LogP contribution in [0.4, 0.5) is 0 Å². The van der Waals surface area contributed by atoms with Crippen molar-refractivity contribution in [2.24, 2.45) is 11.8 Å². The van der Waals surface area contributed by atoms with Crippen LogP contribution in [0.3, 0.4) is 0 Å². The molecule has 4 aromatic rings. The van der Waals surface area contributed by atoms with Gasteiger partial charge in [0.2, 0.25) is 11.8 Å². The topological polar surface area (TPSA) is 156 Å². The van der Waals surface area contributed by atoms with Gasteiger partial charge >= 0.3 is 5.97 Å². The number of cyclic esters (lactones) is 1. The number of likely N-dealkylation sites (tertiary alicyclic amines) is 1. The number of fused-ring (bicyclic) bond motifs is 3. The van der Waals surface area contributed by atoms with E-state index in [2.05, 4.69) is 15.6 Å². The summed E-state index contributed by atoms with van der Waals surface area (Å²) < 4.78 is 14.1. The molecule has 2 fully saturated rings. The van der Waals surface area contributed by atoms with Gasteiger partial charge in [-0.05, 0) is 36.1 Å². The van der Waals surface area contributed by atoms with Crippen LogP contribution in [0.1, 0.15) is 30.0 Å². The number of allylic oxidation sites excluding steroid dienone is 1. The first-order valence-corrected chi connectivity index (χ1v) is 17.9. The van der Waals surface area contributed by atoms with E-state index in [4.69, 9.17) is 9.47 Å². The van der Waals surface area contributed by atoms with Crippen LogP contribution in [0.15, 0.2) is 109 Å². The number of hydrogen-bond donors (Lipinski definition) is 2. The molecule has 272 valence electrons. The van der Waals surface area contributed by atoms with Crippen molar-refractivity contribution in [3.63, 3.8) is 0 Å². The lowest BCUT2D eigenvalue weighted by Gasteiger charge is -2.38. The molecule has 5 heterocycles. The Balaban J connectivity index is 1.21. The minimum atomic E-state index is -1.55. The number of aliphatic hydroxyl groups is 1. The second kappa shape index (κ2) is 14.4. The Bertz CT molecular complexity index is 2070. The van der Waals surface area contributed by atoms with Crippen molar-refractivity contribution in [2.75, 3.05) is 19.8 Å². The van der Waals surface area contributed by atoms with Crippen LogP contribution in [0, 0.1) is 11.8 Å². The quantitative estimate of drug-likeness (QED) is 0.217. The van der Waals surface area contributed by atoms with E-state index in [9.17, 15) is 14.7 Å². The molecule has 0 saturated carbocycles. The largest absolute Gasteiger partial charge is 0.463 e. The predicted octanol–water partition coefficient (Wildman–Crippen LogP) is 2.72. The van der Waals surface area contributed by atoms with Gasteiger partial charge in [0.05, 0.1) is 42.1 Å². The third-order valence-corrected chi connectivity index (χ3v) is 10.7. The van der Waals surface area contributed by atoms with E-state index in [-0.39, 0.29) is 32.7 Å². The van der Waals surface area contributed by atoms with Gasteiger partial charge in [0, 0.05) is 13.0 Å². The SMILES string of the molecule is O=C1CC/C=C\[C@H]2O[C@]34C=CCN(Cn5nnc6ccccc65)C(=O)[C@H]3N([C@@H](CO)Cc3ccccc3)C(=O)[C@@H]4[C@H]2C(=O)N[C@H](c2ccccc2)CO1. The minimum absolute atomic E-state index is 0.0471. The first-order chi connectivity index (χ1) is 25.9. The second-order valence-corrected chi connectivity index (χ2v) is 13.9. The van der Waals surface area contributed by atoms with E-state index in [1.165, 1.54) is 4.90 Å². The molecule has 1 spiro atoms. The van der Waals surface area contributed by atoms with Gasteiger partial charge in [-0.2, -0.15) is 0 Å². The molecule has 13 heteroatoms. The molecule has 0 aliphatic carbocycles. The fourth-order valence-corrected chi connectivity index (χ4v) is 8.26. The lowest BCUT2D eigenvalue weighted by atomic mass is 9.77. The number of benzene rings is 3. The number of esters is 1. The summed E-state index contributed by atoms with van der Waals surface area (Å²) in [5.74, 6) is -3.89. The molecule has 4 aliphatic heterocycles. The van der Waals surface area contributed by atoms with E-state index in [1.54, 1.807) is 33.9 Å². The van der Waals surface area contributed by atoms with Gasteiger partial charge in [-0.3, -0.25) is 19.2 Å². The van der Waals surface area contributed by atoms with Crippen LogP contribution in [0.5, 0.6) is 0 Å². The zero-order valence-electron chi connectivity index (χ0n) is 28.9. The van der Waals surface area contributed by atoms with Crippen molar-refractivity contribution in [2.45, 2.75) is 55.8 Å². The number of ether oxygens (including phenoxy) is 2. The van der Waals surface area contributed by atoms with Gasteiger partial charge in [-0.15, -0.1) is 5.10 Å². The van der Waals surface area contributed by atoms with Crippen molar-refractivity contribution in [1.82, 2.24) is 30.1 Å². The molecule has 3 aromatic carbocycles. The standard InChI is InChI=1S/C40H40N6O7/c47-23-28(22-26-12-3-1-4-13-26)46-36-39(51)44(25-45-31-17-8-7-16-29(31)42-43-45)21-11-20-40(36)35(38(46)50)34-32(53-40)18-9-10-19-33(48)52-24-30(41-37(34)49)27-14-5-2-6-15-27/h1-9,11-18,20,28,30,32,34-36,47H,10,19,21-25H2,(H,41,49)/b18-9-/t28-,30+,32-,34+,35+,36-,40+/m1/s1. The Morgan fingerprint density at radius 2 is 1.68 bits per heavy atom. The molecule has 2 saturated heterocycles. The fourth-order valence-electron chi connectivity index (χ4n) is 8.26. The number of amides is 3. The van der Waals surface area contributed by atoms with Crippen LogP contribution >= 0.6 is 0 Å². The van der Waals surface area contributed by atoms with Crippen LogP contribution in [0.25, 0.3) is 11.0 Å². The number of aromatic nitrogens is 3. The van der Waals surface area contributed by atoms with Gasteiger partial charge in [-0.1, -0.05) is 102 Å². The minimum Gasteiger partial charge on any atom is -0.463 e. The third-order valence-electron chi connectivity index (χ3n) is 10.7. The summed E-state index contributed by atoms with van der Waals surface area (Å²) in [5.41, 5.74) is 1.47. The summed E-state index contributed by atoms with van der Waals surface area (Å²) in [4.78, 5) is 60.4. The summed E-state index contributed by atoms with van der Waals surface area (Å²) >= 11 is 0. The summed E-state index contributed by atoms with van der Waals surface area (Å²) in [5, 5.41) is 22.5. The number of nitrogens with zero attached hydrogens (tertiary/aromatic N) is 5. The van der Waals surface area contributed by atoms with Crippen LogP contribution < -0.4 is 5.32 Å². The second-order valence-electron chi connectivity index (χ2n) is 13.9. The molecule has 3 amide bonds. The number of carbonyl (C=O) groups is 4. The van der Waals surface area contributed by atoms with Gasteiger partial charge in [0.25, 0.3) is 5.91 Å². The van der Waals surface area contributed by atoms with Crippen LogP contribution in [-0.4, -0.2) is 97.1 Å². The number of carbonyl (C=O) groups excluding carboxylic acids is 4. The van der Waals surface area contributed by atoms with E-state index in [0.29, 0.717) is 11.9 Å². The highest BCUT2D eigenvalue weighted by atomic mass is 16.5. The zero-order valence-corrected chi connectivity index (χ0v) is 28.9. The molecule has 0 unspecified atom stereocenters. The normalized spacial score (nSPS) is 28.6. The van der Waals surface area contributed by atoms with Gasteiger partial charge in [0.1, 0.15) is 30.4 Å². The van der Waals surface area contributed by atoms with Gasteiger partial charge in [0.15, 0.2) is 0 Å². The number of rotatable bonds is 7. The van der Waals surface area contributed by atoms with E-state index in [1.807, 2.05) is 84.9 Å². The Morgan fingerprint density at radius 1 is 0.925 bits per heavy atom. The Kier molecular flexibility index (Phi) is 9.35.